The highest BCUT2D eigenvalue weighted by Crippen LogP contribution is 2.12. The van der Waals surface area contributed by atoms with Crippen LogP contribution in [-0.2, 0) is 11.3 Å². The summed E-state index contributed by atoms with van der Waals surface area (Å²) in [6.45, 7) is 1.19. The van der Waals surface area contributed by atoms with Crippen LogP contribution in [0.25, 0.3) is 11.0 Å². The lowest BCUT2D eigenvalue weighted by atomic mass is 10.3. The van der Waals surface area contributed by atoms with E-state index >= 15 is 0 Å². The summed E-state index contributed by atoms with van der Waals surface area (Å²) in [5, 5.41) is 0. The van der Waals surface area contributed by atoms with Crippen molar-refractivity contribution < 1.29 is 4.79 Å². The largest absolute Gasteiger partial charge is 0.393 e. The average Bonchev–Trinajstić information content (AvgIpc) is 2.85. The number of amides is 1. The molecule has 1 heterocycles. The number of nitrogens with zero attached hydrogens (tertiary/aromatic N) is 3. The minimum Gasteiger partial charge on any atom is -0.393 e. The van der Waals surface area contributed by atoms with E-state index in [0.717, 1.165) is 11.0 Å². The Labute approximate surface area is 123 Å². The molecule has 0 saturated heterocycles. The molecular weight excluding hydrogens is 272 g/mol. The zero-order valence-corrected chi connectivity index (χ0v) is 12.3. The predicted molar refractivity (Wildman–Crippen MR) is 83.4 cm³/mol. The number of hydrogen-bond acceptors (Lipinski definition) is 3. The number of fused-ring (bicyclic) bond motifs is 1. The monoisotopic (exact) mass is 290 g/mol. The van der Waals surface area contributed by atoms with Gasteiger partial charge in [0.25, 0.3) is 0 Å². The van der Waals surface area contributed by atoms with E-state index in [4.69, 9.17) is 18.0 Å². The first kappa shape index (κ1) is 14.5. The zero-order chi connectivity index (χ0) is 14.5. The van der Waals surface area contributed by atoms with E-state index in [1.54, 1.807) is 18.3 Å². The molecule has 0 aliphatic carbocycles. The standard InChI is InChI=1S/C14H18N4OS/c1-17(8-6-13(15)20)14(19)7-9-18-10-16-11-4-2-3-5-12(11)18/h2-5,10H,6-9H2,1H3,(H2,15,20). The van der Waals surface area contributed by atoms with Crippen molar-refractivity contribution >= 4 is 34.1 Å². The summed E-state index contributed by atoms with van der Waals surface area (Å²) in [6, 6.07) is 7.89. The predicted octanol–water partition coefficient (Wildman–Crippen LogP) is 1.56. The van der Waals surface area contributed by atoms with Gasteiger partial charge in [-0.3, -0.25) is 4.79 Å². The third kappa shape index (κ3) is 3.54. The van der Waals surface area contributed by atoms with E-state index in [9.17, 15) is 4.79 Å². The Morgan fingerprint density at radius 2 is 2.15 bits per heavy atom. The Morgan fingerprint density at radius 3 is 2.90 bits per heavy atom. The van der Waals surface area contributed by atoms with Gasteiger partial charge in [-0.1, -0.05) is 24.4 Å². The number of carbonyl (C=O) groups is 1. The van der Waals surface area contributed by atoms with Gasteiger partial charge in [0, 0.05) is 33.0 Å². The molecule has 0 spiro atoms. The second-order valence-corrected chi connectivity index (χ2v) is 5.23. The molecule has 0 saturated carbocycles. The molecule has 2 aromatic rings. The summed E-state index contributed by atoms with van der Waals surface area (Å²) in [7, 11) is 1.77. The van der Waals surface area contributed by atoms with E-state index in [0.29, 0.717) is 30.9 Å². The first-order valence-corrected chi connectivity index (χ1v) is 6.91. The van der Waals surface area contributed by atoms with Crippen molar-refractivity contribution in [2.75, 3.05) is 13.6 Å². The molecule has 2 N–H and O–H groups in total. The topological polar surface area (TPSA) is 64.2 Å². The number of aromatic nitrogens is 2. The van der Waals surface area contributed by atoms with Crippen molar-refractivity contribution in [2.24, 2.45) is 5.73 Å². The van der Waals surface area contributed by atoms with Gasteiger partial charge in [0.1, 0.15) is 0 Å². The summed E-state index contributed by atoms with van der Waals surface area (Å²) in [5.41, 5.74) is 7.43. The summed E-state index contributed by atoms with van der Waals surface area (Å²) < 4.78 is 1.99. The number of aryl methyl sites for hydroxylation is 1. The third-order valence-electron chi connectivity index (χ3n) is 3.21. The van der Waals surface area contributed by atoms with Crippen LogP contribution in [0.4, 0.5) is 0 Å². The quantitative estimate of drug-likeness (QED) is 0.820. The minimum atomic E-state index is 0.0824. The van der Waals surface area contributed by atoms with Crippen LogP contribution in [0.3, 0.4) is 0 Å². The lowest BCUT2D eigenvalue weighted by molar-refractivity contribution is -0.130. The van der Waals surface area contributed by atoms with Crippen molar-refractivity contribution in [3.05, 3.63) is 30.6 Å². The number of thiocarbonyl (C=S) groups is 1. The normalized spacial score (nSPS) is 10.7. The van der Waals surface area contributed by atoms with Gasteiger partial charge < -0.3 is 15.2 Å². The molecule has 0 radical (unpaired) electrons. The minimum absolute atomic E-state index is 0.0824. The highest BCUT2D eigenvalue weighted by Gasteiger charge is 2.10. The van der Waals surface area contributed by atoms with E-state index in [2.05, 4.69) is 4.98 Å². The molecule has 5 nitrogen and oxygen atoms in total. The van der Waals surface area contributed by atoms with Crippen LogP contribution in [0.2, 0.25) is 0 Å². The van der Waals surface area contributed by atoms with Gasteiger partial charge in [0.2, 0.25) is 5.91 Å². The van der Waals surface area contributed by atoms with Crippen molar-refractivity contribution in [1.29, 1.82) is 0 Å². The second kappa shape index (κ2) is 6.47. The highest BCUT2D eigenvalue weighted by molar-refractivity contribution is 7.80. The maximum absolute atomic E-state index is 12.0. The maximum Gasteiger partial charge on any atom is 0.224 e. The molecule has 0 unspecified atom stereocenters. The smallest absolute Gasteiger partial charge is 0.224 e. The second-order valence-electron chi connectivity index (χ2n) is 4.71. The molecule has 0 aliphatic rings. The van der Waals surface area contributed by atoms with Crippen LogP contribution in [0, 0.1) is 0 Å². The molecule has 0 aliphatic heterocycles. The first-order valence-electron chi connectivity index (χ1n) is 6.50. The average molecular weight is 290 g/mol. The van der Waals surface area contributed by atoms with Crippen LogP contribution >= 0.6 is 12.2 Å². The van der Waals surface area contributed by atoms with Gasteiger partial charge >= 0.3 is 0 Å². The van der Waals surface area contributed by atoms with Crippen molar-refractivity contribution in [1.82, 2.24) is 14.5 Å². The molecule has 2 rings (SSSR count). The molecule has 1 aromatic heterocycles. The maximum atomic E-state index is 12.0. The van der Waals surface area contributed by atoms with E-state index in [-0.39, 0.29) is 5.91 Å². The molecule has 20 heavy (non-hydrogen) atoms. The van der Waals surface area contributed by atoms with E-state index in [1.807, 2.05) is 28.8 Å². The van der Waals surface area contributed by atoms with E-state index < -0.39 is 0 Å². The Bertz CT molecular complexity index is 622. The van der Waals surface area contributed by atoms with Gasteiger partial charge in [-0.2, -0.15) is 0 Å². The van der Waals surface area contributed by atoms with Gasteiger partial charge in [-0.25, -0.2) is 4.98 Å². The Balaban J connectivity index is 1.91. The fourth-order valence-corrected chi connectivity index (χ4v) is 2.09. The number of benzene rings is 1. The molecule has 1 amide bonds. The summed E-state index contributed by atoms with van der Waals surface area (Å²) in [5.74, 6) is 0.0824. The van der Waals surface area contributed by atoms with E-state index in [1.165, 1.54) is 0 Å². The van der Waals surface area contributed by atoms with Gasteiger partial charge in [-0.15, -0.1) is 0 Å². The molecular formula is C14H18N4OS. The molecule has 6 heteroatoms. The number of para-hydroxylation sites is 2. The fraction of sp³-hybridized carbons (Fsp3) is 0.357. The summed E-state index contributed by atoms with van der Waals surface area (Å²) in [4.78, 5) is 18.4. The number of rotatable bonds is 6. The van der Waals surface area contributed by atoms with Crippen molar-refractivity contribution in [3.63, 3.8) is 0 Å². The first-order chi connectivity index (χ1) is 9.58. The Hall–Kier alpha value is -1.95. The van der Waals surface area contributed by atoms with Crippen LogP contribution in [-0.4, -0.2) is 38.9 Å². The number of nitrogens with two attached hydrogens (primary N) is 1. The SMILES string of the molecule is CN(CCC(N)=S)C(=O)CCn1cnc2ccccc21. The van der Waals surface area contributed by atoms with Gasteiger partial charge in [0.05, 0.1) is 22.3 Å². The van der Waals surface area contributed by atoms with Crippen LogP contribution in [0.1, 0.15) is 12.8 Å². The van der Waals surface area contributed by atoms with Crippen LogP contribution < -0.4 is 5.73 Å². The fourth-order valence-electron chi connectivity index (χ4n) is 2.00. The van der Waals surface area contributed by atoms with Crippen LogP contribution in [0.15, 0.2) is 30.6 Å². The van der Waals surface area contributed by atoms with Gasteiger partial charge in [0.15, 0.2) is 0 Å². The van der Waals surface area contributed by atoms with Crippen LogP contribution in [0.5, 0.6) is 0 Å². The van der Waals surface area contributed by atoms with Crippen molar-refractivity contribution in [3.8, 4) is 0 Å². The van der Waals surface area contributed by atoms with Crippen molar-refractivity contribution in [2.45, 2.75) is 19.4 Å². The lowest BCUT2D eigenvalue weighted by Gasteiger charge is -2.16. The number of hydrogen-bond donors (Lipinski definition) is 1. The molecule has 106 valence electrons. The molecule has 1 aromatic carbocycles. The highest BCUT2D eigenvalue weighted by atomic mass is 32.1. The third-order valence-corrected chi connectivity index (χ3v) is 3.42. The number of imidazole rings is 1. The Kier molecular flexibility index (Phi) is 4.68. The lowest BCUT2D eigenvalue weighted by Crippen LogP contribution is -2.30. The summed E-state index contributed by atoms with van der Waals surface area (Å²) >= 11 is 4.81. The molecule has 0 fully saturated rings. The molecule has 0 atom stereocenters. The number of carbonyl (C=O) groups excluding carboxylic acids is 1. The molecule has 0 bridgehead atoms. The van der Waals surface area contributed by atoms with Gasteiger partial charge in [-0.05, 0) is 12.1 Å². The Morgan fingerprint density at radius 1 is 1.40 bits per heavy atom. The summed E-state index contributed by atoms with van der Waals surface area (Å²) in [6.07, 6.45) is 2.77. The zero-order valence-electron chi connectivity index (χ0n) is 11.5.